The van der Waals surface area contributed by atoms with Crippen LogP contribution in [0.2, 0.25) is 0 Å². The molecule has 0 aliphatic rings. The fraction of sp³-hybridized carbons (Fsp3) is 0.333. The van der Waals surface area contributed by atoms with E-state index >= 15 is 0 Å². The molecule has 1 aromatic heterocycles. The largest absolute Gasteiger partial charge is 0.452 e. The smallest absolute Gasteiger partial charge is 0.311 e. The van der Waals surface area contributed by atoms with Crippen LogP contribution in [0, 0.1) is 6.92 Å². The van der Waals surface area contributed by atoms with Crippen LogP contribution in [0.5, 0.6) is 0 Å². The number of esters is 1. The van der Waals surface area contributed by atoms with Gasteiger partial charge in [0.1, 0.15) is 0 Å². The van der Waals surface area contributed by atoms with Crippen molar-refractivity contribution in [3.05, 3.63) is 41.5 Å². The first kappa shape index (κ1) is 15.7. The van der Waals surface area contributed by atoms with Crippen LogP contribution >= 0.6 is 0 Å². The average Bonchev–Trinajstić information content (AvgIpc) is 2.87. The number of carbonyl (C=O) groups excluding carboxylic acids is 2. The van der Waals surface area contributed by atoms with E-state index < -0.39 is 12.1 Å². The minimum atomic E-state index is -0.590. The lowest BCUT2D eigenvalue weighted by molar-refractivity contribution is -0.148. The van der Waals surface area contributed by atoms with Crippen LogP contribution in [0.3, 0.4) is 0 Å². The molecule has 0 fully saturated rings. The molecule has 22 heavy (non-hydrogen) atoms. The van der Waals surface area contributed by atoms with E-state index in [1.165, 1.54) is 6.92 Å². The summed E-state index contributed by atoms with van der Waals surface area (Å²) >= 11 is 0. The molecule has 1 aromatic carbocycles. The molecule has 0 bridgehead atoms. The quantitative estimate of drug-likeness (QED) is 0.851. The minimum Gasteiger partial charge on any atom is -0.452 e. The summed E-state index contributed by atoms with van der Waals surface area (Å²) in [6.07, 6.45) is -0.468. The van der Waals surface area contributed by atoms with Crippen molar-refractivity contribution in [2.45, 2.75) is 33.3 Å². The number of nitrogens with one attached hydrogen (secondary N) is 1. The highest BCUT2D eigenvalue weighted by Gasteiger charge is 2.17. The van der Waals surface area contributed by atoms with Gasteiger partial charge in [0, 0.05) is 12.6 Å². The third-order valence-corrected chi connectivity index (χ3v) is 2.82. The summed E-state index contributed by atoms with van der Waals surface area (Å²) in [4.78, 5) is 26.8. The van der Waals surface area contributed by atoms with E-state index in [1.807, 2.05) is 0 Å². The second-order valence-electron chi connectivity index (χ2n) is 4.87. The summed E-state index contributed by atoms with van der Waals surface area (Å²) in [6.45, 7) is 4.80. The first-order valence-electron chi connectivity index (χ1n) is 6.80. The Hall–Kier alpha value is -2.70. The number of aromatic nitrogens is 2. The van der Waals surface area contributed by atoms with E-state index in [0.29, 0.717) is 11.5 Å². The lowest BCUT2D eigenvalue weighted by atomic mass is 10.1. The van der Waals surface area contributed by atoms with E-state index in [-0.39, 0.29) is 18.2 Å². The molecule has 2 rings (SSSR count). The Bertz CT molecular complexity index is 664. The Labute approximate surface area is 127 Å². The van der Waals surface area contributed by atoms with Crippen LogP contribution in [0.1, 0.15) is 37.2 Å². The molecule has 0 saturated carbocycles. The van der Waals surface area contributed by atoms with Gasteiger partial charge in [-0.15, -0.1) is 0 Å². The van der Waals surface area contributed by atoms with Crippen LogP contribution < -0.4 is 5.32 Å². The highest BCUT2D eigenvalue weighted by Crippen LogP contribution is 2.16. The Kier molecular flexibility index (Phi) is 4.88. The zero-order valence-corrected chi connectivity index (χ0v) is 12.6. The van der Waals surface area contributed by atoms with Crippen molar-refractivity contribution in [3.63, 3.8) is 0 Å². The monoisotopic (exact) mass is 303 g/mol. The van der Waals surface area contributed by atoms with Crippen molar-refractivity contribution in [2.24, 2.45) is 0 Å². The molecule has 1 unspecified atom stereocenters. The maximum Gasteiger partial charge on any atom is 0.311 e. The molecule has 0 radical (unpaired) electrons. The molecule has 0 spiro atoms. The molecule has 1 N–H and O–H groups in total. The molecular weight excluding hydrogens is 286 g/mol. The van der Waals surface area contributed by atoms with Gasteiger partial charge in [0.15, 0.2) is 11.9 Å². The van der Waals surface area contributed by atoms with Gasteiger partial charge in [0.05, 0.1) is 6.42 Å². The number of anilines is 1. The van der Waals surface area contributed by atoms with E-state index in [2.05, 4.69) is 15.5 Å². The van der Waals surface area contributed by atoms with Gasteiger partial charge in [0.25, 0.3) is 5.89 Å². The maximum absolute atomic E-state index is 11.9. The number of hydrogen-bond acceptors (Lipinski definition) is 6. The van der Waals surface area contributed by atoms with Gasteiger partial charge in [-0.05, 0) is 31.5 Å². The molecule has 7 heteroatoms. The normalized spacial score (nSPS) is 11.8. The number of aryl methyl sites for hydroxylation is 1. The van der Waals surface area contributed by atoms with Crippen molar-refractivity contribution in [2.75, 3.05) is 5.32 Å². The average molecular weight is 303 g/mol. The predicted octanol–water partition coefficient (Wildman–Crippen LogP) is 2.18. The van der Waals surface area contributed by atoms with Crippen molar-refractivity contribution >= 4 is 17.6 Å². The van der Waals surface area contributed by atoms with Crippen molar-refractivity contribution < 1.29 is 18.8 Å². The number of amides is 1. The van der Waals surface area contributed by atoms with Crippen LogP contribution in [-0.2, 0) is 20.7 Å². The number of hydrogen-bond donors (Lipinski definition) is 1. The Balaban J connectivity index is 1.90. The SMILES string of the molecule is CC(=O)Nc1ccc(CC(=O)OC(C)c2nc(C)no2)cc1. The van der Waals surface area contributed by atoms with Crippen LogP contribution in [-0.4, -0.2) is 22.0 Å². The summed E-state index contributed by atoms with van der Waals surface area (Å²) < 4.78 is 10.2. The molecule has 0 aliphatic heterocycles. The minimum absolute atomic E-state index is 0.123. The lowest BCUT2D eigenvalue weighted by Gasteiger charge is -2.09. The van der Waals surface area contributed by atoms with Crippen molar-refractivity contribution in [3.8, 4) is 0 Å². The van der Waals surface area contributed by atoms with E-state index in [0.717, 1.165) is 5.56 Å². The van der Waals surface area contributed by atoms with Gasteiger partial charge in [-0.1, -0.05) is 17.3 Å². The van der Waals surface area contributed by atoms with Gasteiger partial charge in [-0.25, -0.2) is 0 Å². The standard InChI is InChI=1S/C15H17N3O4/c1-9(15-16-10(2)18-22-15)21-14(20)8-12-4-6-13(7-5-12)17-11(3)19/h4-7,9H,8H2,1-3H3,(H,17,19). The van der Waals surface area contributed by atoms with E-state index in [1.54, 1.807) is 38.1 Å². The lowest BCUT2D eigenvalue weighted by Crippen LogP contribution is -2.12. The summed E-state index contributed by atoms with van der Waals surface area (Å²) in [6, 6.07) is 6.98. The molecule has 2 aromatic rings. The molecule has 1 heterocycles. The number of ether oxygens (including phenoxy) is 1. The highest BCUT2D eigenvalue weighted by molar-refractivity contribution is 5.88. The summed E-state index contributed by atoms with van der Waals surface area (Å²) in [5.74, 6) is 0.227. The maximum atomic E-state index is 11.9. The number of benzene rings is 1. The molecule has 0 aliphatic carbocycles. The second-order valence-corrected chi connectivity index (χ2v) is 4.87. The Morgan fingerprint density at radius 3 is 2.55 bits per heavy atom. The van der Waals surface area contributed by atoms with Gasteiger partial charge in [0.2, 0.25) is 5.91 Å². The first-order chi connectivity index (χ1) is 10.4. The van der Waals surface area contributed by atoms with E-state index in [9.17, 15) is 9.59 Å². The molecular formula is C15H17N3O4. The van der Waals surface area contributed by atoms with Crippen LogP contribution in [0.15, 0.2) is 28.8 Å². The fourth-order valence-corrected chi connectivity index (χ4v) is 1.84. The van der Waals surface area contributed by atoms with Gasteiger partial charge in [-0.3, -0.25) is 9.59 Å². The summed E-state index contributed by atoms with van der Waals surface area (Å²) in [5.41, 5.74) is 1.47. The van der Waals surface area contributed by atoms with Crippen LogP contribution in [0.25, 0.3) is 0 Å². The summed E-state index contributed by atoms with van der Waals surface area (Å²) in [7, 11) is 0. The van der Waals surface area contributed by atoms with Crippen LogP contribution in [0.4, 0.5) is 5.69 Å². The summed E-state index contributed by atoms with van der Waals surface area (Å²) in [5, 5.41) is 6.31. The third-order valence-electron chi connectivity index (χ3n) is 2.82. The third kappa shape index (κ3) is 4.41. The molecule has 1 amide bonds. The topological polar surface area (TPSA) is 94.3 Å². The number of carbonyl (C=O) groups is 2. The van der Waals surface area contributed by atoms with Crippen molar-refractivity contribution in [1.29, 1.82) is 0 Å². The van der Waals surface area contributed by atoms with Gasteiger partial charge in [-0.2, -0.15) is 4.98 Å². The number of rotatable bonds is 5. The zero-order valence-electron chi connectivity index (χ0n) is 12.6. The molecule has 0 saturated heterocycles. The Morgan fingerprint density at radius 1 is 1.32 bits per heavy atom. The van der Waals surface area contributed by atoms with Gasteiger partial charge >= 0.3 is 5.97 Å². The van der Waals surface area contributed by atoms with Gasteiger partial charge < -0.3 is 14.6 Å². The second kappa shape index (κ2) is 6.84. The van der Waals surface area contributed by atoms with E-state index in [4.69, 9.17) is 9.26 Å². The predicted molar refractivity (Wildman–Crippen MR) is 78.0 cm³/mol. The fourth-order valence-electron chi connectivity index (χ4n) is 1.84. The first-order valence-corrected chi connectivity index (χ1v) is 6.80. The highest BCUT2D eigenvalue weighted by atomic mass is 16.6. The number of nitrogens with zero attached hydrogens (tertiary/aromatic N) is 2. The molecule has 116 valence electrons. The zero-order chi connectivity index (χ0) is 16.1. The Morgan fingerprint density at radius 2 is 2.00 bits per heavy atom. The molecule has 7 nitrogen and oxygen atoms in total. The molecule has 1 atom stereocenters. The van der Waals surface area contributed by atoms with Crippen molar-refractivity contribution in [1.82, 2.24) is 10.1 Å².